The number of aliphatic hydroxyl groups excluding tert-OH is 1. The Hall–Kier alpha value is -2.74. The van der Waals surface area contributed by atoms with Gasteiger partial charge in [-0.1, -0.05) is 12.1 Å². The van der Waals surface area contributed by atoms with E-state index in [1.54, 1.807) is 6.07 Å². The largest absolute Gasteiger partial charge is 0.503 e. The van der Waals surface area contributed by atoms with Crippen molar-refractivity contribution in [2.75, 3.05) is 20.3 Å². The Morgan fingerprint density at radius 1 is 1.43 bits per heavy atom. The summed E-state index contributed by atoms with van der Waals surface area (Å²) in [5.41, 5.74) is -0.183. The molecule has 0 bridgehead atoms. The average molecular weight is 320 g/mol. The smallest absolute Gasteiger partial charge is 0.290 e. The third-order valence-electron chi connectivity index (χ3n) is 3.65. The van der Waals surface area contributed by atoms with E-state index in [1.807, 2.05) is 0 Å². The first-order chi connectivity index (χ1) is 10.9. The fourth-order valence-electron chi connectivity index (χ4n) is 2.64. The van der Waals surface area contributed by atoms with Crippen molar-refractivity contribution in [3.05, 3.63) is 51.3 Å². The lowest BCUT2D eigenvalue weighted by Gasteiger charge is -2.26. The van der Waals surface area contributed by atoms with Crippen molar-refractivity contribution in [2.45, 2.75) is 13.0 Å². The number of rotatable bonds is 6. The minimum absolute atomic E-state index is 0.0902. The van der Waals surface area contributed by atoms with E-state index in [-0.39, 0.29) is 30.0 Å². The highest BCUT2D eigenvalue weighted by Crippen LogP contribution is 2.40. The molecule has 1 aromatic rings. The maximum absolute atomic E-state index is 12.2. The van der Waals surface area contributed by atoms with Crippen LogP contribution in [0.25, 0.3) is 0 Å². The molecule has 8 heteroatoms. The molecule has 0 saturated heterocycles. The van der Waals surface area contributed by atoms with Gasteiger partial charge in [-0.15, -0.1) is 0 Å². The van der Waals surface area contributed by atoms with E-state index in [0.29, 0.717) is 0 Å². The summed E-state index contributed by atoms with van der Waals surface area (Å²) >= 11 is 0. The molecule has 2 rings (SSSR count). The van der Waals surface area contributed by atoms with Gasteiger partial charge >= 0.3 is 0 Å². The number of nitro groups is 1. The van der Waals surface area contributed by atoms with Crippen molar-refractivity contribution in [2.24, 2.45) is 0 Å². The van der Waals surface area contributed by atoms with Crippen LogP contribution in [0.15, 0.2) is 35.6 Å². The van der Waals surface area contributed by atoms with Gasteiger partial charge in [-0.05, 0) is 13.0 Å². The molecule has 1 aromatic carbocycles. The summed E-state index contributed by atoms with van der Waals surface area (Å²) in [5, 5.41) is 21.3. The number of benzene rings is 1. The number of ether oxygens (including phenoxy) is 1. The average Bonchev–Trinajstić information content (AvgIpc) is 2.77. The molecule has 1 amide bonds. The van der Waals surface area contributed by atoms with E-state index in [0.717, 1.165) is 0 Å². The van der Waals surface area contributed by atoms with E-state index in [1.165, 1.54) is 37.1 Å². The third-order valence-corrected chi connectivity index (χ3v) is 3.65. The number of ketones is 1. The molecule has 1 atom stereocenters. The van der Waals surface area contributed by atoms with Crippen molar-refractivity contribution in [1.29, 1.82) is 0 Å². The second-order valence-corrected chi connectivity index (χ2v) is 5.03. The summed E-state index contributed by atoms with van der Waals surface area (Å²) in [7, 11) is 1.44. The minimum atomic E-state index is -1.00. The number of carbonyl (C=O) groups is 2. The number of hydrogen-bond acceptors (Lipinski definition) is 6. The highest BCUT2D eigenvalue weighted by atomic mass is 16.6. The summed E-state index contributed by atoms with van der Waals surface area (Å²) in [6.07, 6.45) is 0. The van der Waals surface area contributed by atoms with Crippen LogP contribution in [0.3, 0.4) is 0 Å². The molecule has 8 nitrogen and oxygen atoms in total. The molecule has 1 aliphatic rings. The zero-order valence-electron chi connectivity index (χ0n) is 12.7. The summed E-state index contributed by atoms with van der Waals surface area (Å²) in [6, 6.07) is 4.83. The van der Waals surface area contributed by atoms with Crippen LogP contribution in [-0.4, -0.2) is 46.9 Å². The summed E-state index contributed by atoms with van der Waals surface area (Å²) in [4.78, 5) is 36.0. The van der Waals surface area contributed by atoms with E-state index in [9.17, 15) is 24.8 Å². The Bertz CT molecular complexity index is 697. The van der Waals surface area contributed by atoms with Gasteiger partial charge in [0.2, 0.25) is 0 Å². The molecule has 1 aliphatic heterocycles. The first-order valence-electron chi connectivity index (χ1n) is 6.87. The zero-order valence-corrected chi connectivity index (χ0v) is 12.7. The van der Waals surface area contributed by atoms with Crippen LogP contribution in [0.5, 0.6) is 0 Å². The zero-order chi connectivity index (χ0) is 17.1. The molecule has 0 aliphatic carbocycles. The molecule has 122 valence electrons. The van der Waals surface area contributed by atoms with Crippen molar-refractivity contribution < 1.29 is 24.4 Å². The molecule has 1 heterocycles. The Labute approximate surface area is 132 Å². The topological polar surface area (TPSA) is 110 Å². The second kappa shape index (κ2) is 6.57. The van der Waals surface area contributed by atoms with Crippen LogP contribution in [0.2, 0.25) is 0 Å². The van der Waals surface area contributed by atoms with Gasteiger partial charge in [-0.2, -0.15) is 0 Å². The molecule has 0 radical (unpaired) electrons. The predicted octanol–water partition coefficient (Wildman–Crippen LogP) is 1.53. The fraction of sp³-hybridized carbons (Fsp3) is 0.333. The van der Waals surface area contributed by atoms with Crippen molar-refractivity contribution in [3.8, 4) is 0 Å². The van der Waals surface area contributed by atoms with Crippen LogP contribution >= 0.6 is 0 Å². The SMILES string of the molecule is COCCN1C(=O)C(O)=C(C(C)=O)C1c1ccccc1[N+](=O)[O-]. The van der Waals surface area contributed by atoms with Gasteiger partial charge in [0.05, 0.1) is 28.7 Å². The maximum atomic E-state index is 12.2. The monoisotopic (exact) mass is 320 g/mol. The number of para-hydroxylation sites is 1. The Kier molecular flexibility index (Phi) is 4.75. The van der Waals surface area contributed by atoms with Crippen LogP contribution in [-0.2, 0) is 14.3 Å². The van der Waals surface area contributed by atoms with Gasteiger partial charge in [0, 0.05) is 19.7 Å². The molecule has 1 N–H and O–H groups in total. The number of amides is 1. The third kappa shape index (κ3) is 2.93. The van der Waals surface area contributed by atoms with Crippen LogP contribution in [0.1, 0.15) is 18.5 Å². The maximum Gasteiger partial charge on any atom is 0.290 e. The van der Waals surface area contributed by atoms with E-state index < -0.39 is 28.4 Å². The van der Waals surface area contributed by atoms with Gasteiger partial charge < -0.3 is 14.7 Å². The van der Waals surface area contributed by atoms with E-state index in [2.05, 4.69) is 0 Å². The number of carbonyl (C=O) groups excluding carboxylic acids is 2. The van der Waals surface area contributed by atoms with Gasteiger partial charge in [-0.3, -0.25) is 19.7 Å². The minimum Gasteiger partial charge on any atom is -0.503 e. The van der Waals surface area contributed by atoms with Gasteiger partial charge in [0.1, 0.15) is 0 Å². The van der Waals surface area contributed by atoms with Gasteiger partial charge in [0.25, 0.3) is 11.6 Å². The number of Topliss-reactive ketones (excluding diaryl/α,β-unsaturated/α-hetero) is 1. The van der Waals surface area contributed by atoms with Crippen molar-refractivity contribution in [3.63, 3.8) is 0 Å². The highest BCUT2D eigenvalue weighted by molar-refractivity contribution is 6.08. The molecule has 1 unspecified atom stereocenters. The summed E-state index contributed by atoms with van der Waals surface area (Å²) in [6.45, 7) is 1.47. The highest BCUT2D eigenvalue weighted by Gasteiger charge is 2.44. The standard InChI is InChI=1S/C15H16N2O6/c1-9(18)12-13(10-5-3-4-6-11(10)17(21)22)16(7-8-23-2)15(20)14(12)19/h3-6,13,19H,7-8H2,1-2H3. The fourth-order valence-corrected chi connectivity index (χ4v) is 2.64. The predicted molar refractivity (Wildman–Crippen MR) is 79.8 cm³/mol. The molecular formula is C15H16N2O6. The first-order valence-corrected chi connectivity index (χ1v) is 6.87. The molecule has 0 spiro atoms. The Morgan fingerprint density at radius 3 is 2.65 bits per heavy atom. The normalized spacial score (nSPS) is 17.7. The van der Waals surface area contributed by atoms with Gasteiger partial charge in [0.15, 0.2) is 11.5 Å². The number of aliphatic hydroxyl groups is 1. The van der Waals surface area contributed by atoms with Crippen LogP contribution in [0, 0.1) is 10.1 Å². The second-order valence-electron chi connectivity index (χ2n) is 5.03. The molecule has 0 saturated carbocycles. The number of hydrogen-bond donors (Lipinski definition) is 1. The van der Waals surface area contributed by atoms with Crippen LogP contribution < -0.4 is 0 Å². The lowest BCUT2D eigenvalue weighted by Crippen LogP contribution is -2.34. The molecule has 0 aromatic heterocycles. The number of nitro benzene ring substituents is 1. The lowest BCUT2D eigenvalue weighted by atomic mass is 9.95. The Morgan fingerprint density at radius 2 is 2.09 bits per heavy atom. The van der Waals surface area contributed by atoms with E-state index >= 15 is 0 Å². The molecular weight excluding hydrogens is 304 g/mol. The number of methoxy groups -OCH3 is 1. The van der Waals surface area contributed by atoms with Crippen molar-refractivity contribution >= 4 is 17.4 Å². The molecule has 0 fully saturated rings. The number of nitrogens with zero attached hydrogens (tertiary/aromatic N) is 2. The van der Waals surface area contributed by atoms with Crippen molar-refractivity contribution in [1.82, 2.24) is 4.90 Å². The van der Waals surface area contributed by atoms with Gasteiger partial charge in [-0.25, -0.2) is 0 Å². The summed E-state index contributed by atoms with van der Waals surface area (Å²) in [5.74, 6) is -1.92. The summed E-state index contributed by atoms with van der Waals surface area (Å²) < 4.78 is 4.93. The lowest BCUT2D eigenvalue weighted by molar-refractivity contribution is -0.385. The van der Waals surface area contributed by atoms with E-state index in [4.69, 9.17) is 4.74 Å². The van der Waals surface area contributed by atoms with Crippen LogP contribution in [0.4, 0.5) is 5.69 Å². The Balaban J connectivity index is 2.60. The molecule has 23 heavy (non-hydrogen) atoms. The first kappa shape index (κ1) is 16.6. The quantitative estimate of drug-likeness (QED) is 0.628.